The van der Waals surface area contributed by atoms with Gasteiger partial charge in [-0.2, -0.15) is 0 Å². The van der Waals surface area contributed by atoms with Crippen molar-refractivity contribution in [2.24, 2.45) is 0 Å². The van der Waals surface area contributed by atoms with Gasteiger partial charge >= 0.3 is 0 Å². The molecule has 2 aromatic carbocycles. The second-order valence-corrected chi connectivity index (χ2v) is 6.29. The molecule has 0 saturated carbocycles. The van der Waals surface area contributed by atoms with Crippen molar-refractivity contribution in [1.82, 2.24) is 5.32 Å². The van der Waals surface area contributed by atoms with Crippen molar-refractivity contribution in [2.45, 2.75) is 32.7 Å². The molecule has 1 nitrogen and oxygen atoms in total. The molecule has 0 aliphatic carbocycles. The summed E-state index contributed by atoms with van der Waals surface area (Å²) in [6, 6.07) is 18.2. The Balaban J connectivity index is 2.16. The van der Waals surface area contributed by atoms with Gasteiger partial charge in [0.1, 0.15) is 0 Å². The summed E-state index contributed by atoms with van der Waals surface area (Å²) in [4.78, 5) is 0. The van der Waals surface area contributed by atoms with E-state index in [0.717, 1.165) is 19.4 Å². The summed E-state index contributed by atoms with van der Waals surface area (Å²) in [6.45, 7) is 5.35. The number of hydrogen-bond acceptors (Lipinski definition) is 1. The lowest BCUT2D eigenvalue weighted by molar-refractivity contribution is 0.549. The fourth-order valence-electron chi connectivity index (χ4n) is 2.42. The summed E-state index contributed by atoms with van der Waals surface area (Å²) < 4.78 is 1.30. The number of hydrogen-bond donors (Lipinski definition) is 1. The SMILES string of the molecule is CCNC(Cc1ccc(CC)cc1)c1cccc(I)c1. The van der Waals surface area contributed by atoms with Crippen molar-refractivity contribution in [2.75, 3.05) is 6.54 Å². The Morgan fingerprint density at radius 1 is 1.00 bits per heavy atom. The van der Waals surface area contributed by atoms with Gasteiger partial charge in [-0.1, -0.05) is 50.2 Å². The zero-order valence-electron chi connectivity index (χ0n) is 12.2. The fraction of sp³-hybridized carbons (Fsp3) is 0.333. The van der Waals surface area contributed by atoms with Crippen molar-refractivity contribution in [1.29, 1.82) is 0 Å². The predicted molar refractivity (Wildman–Crippen MR) is 95.1 cm³/mol. The molecular formula is C18H22IN. The van der Waals surface area contributed by atoms with Crippen LogP contribution < -0.4 is 5.32 Å². The van der Waals surface area contributed by atoms with Crippen molar-refractivity contribution in [3.63, 3.8) is 0 Å². The van der Waals surface area contributed by atoms with Crippen LogP contribution in [0.3, 0.4) is 0 Å². The first-order chi connectivity index (χ1) is 9.72. The van der Waals surface area contributed by atoms with Gasteiger partial charge in [0.05, 0.1) is 0 Å². The van der Waals surface area contributed by atoms with Gasteiger partial charge in [-0.25, -0.2) is 0 Å². The van der Waals surface area contributed by atoms with E-state index >= 15 is 0 Å². The van der Waals surface area contributed by atoms with Gasteiger partial charge < -0.3 is 5.32 Å². The Bertz CT molecular complexity index is 533. The van der Waals surface area contributed by atoms with Crippen LogP contribution in [-0.2, 0) is 12.8 Å². The first-order valence-electron chi connectivity index (χ1n) is 7.29. The summed E-state index contributed by atoms with van der Waals surface area (Å²) in [5.74, 6) is 0. The van der Waals surface area contributed by atoms with E-state index in [9.17, 15) is 0 Å². The fourth-order valence-corrected chi connectivity index (χ4v) is 2.99. The maximum absolute atomic E-state index is 3.60. The third-order valence-corrected chi connectivity index (χ3v) is 4.24. The Kier molecular flexibility index (Phi) is 6.05. The Hall–Kier alpha value is -0.870. The molecule has 0 aliphatic rings. The summed E-state index contributed by atoms with van der Waals surface area (Å²) in [5, 5.41) is 3.60. The molecule has 0 bridgehead atoms. The van der Waals surface area contributed by atoms with E-state index in [1.165, 1.54) is 20.3 Å². The largest absolute Gasteiger partial charge is 0.310 e. The molecule has 1 N–H and O–H groups in total. The summed E-state index contributed by atoms with van der Waals surface area (Å²) in [6.07, 6.45) is 2.14. The van der Waals surface area contributed by atoms with Crippen LogP contribution in [0.1, 0.15) is 36.6 Å². The quantitative estimate of drug-likeness (QED) is 0.715. The van der Waals surface area contributed by atoms with Crippen molar-refractivity contribution < 1.29 is 0 Å². The summed E-state index contributed by atoms with van der Waals surface area (Å²) >= 11 is 2.38. The molecule has 2 aromatic rings. The molecule has 0 spiro atoms. The monoisotopic (exact) mass is 379 g/mol. The molecule has 0 heterocycles. The maximum Gasteiger partial charge on any atom is 0.0361 e. The second-order valence-electron chi connectivity index (χ2n) is 5.04. The Labute approximate surface area is 135 Å². The third-order valence-electron chi connectivity index (χ3n) is 3.57. The van der Waals surface area contributed by atoms with Crippen LogP contribution >= 0.6 is 22.6 Å². The molecule has 1 atom stereocenters. The molecule has 0 amide bonds. The normalized spacial score (nSPS) is 12.3. The lowest BCUT2D eigenvalue weighted by Crippen LogP contribution is -2.23. The lowest BCUT2D eigenvalue weighted by atomic mass is 9.98. The number of halogens is 1. The van der Waals surface area contributed by atoms with Crippen LogP contribution in [0.25, 0.3) is 0 Å². The van der Waals surface area contributed by atoms with E-state index in [0.29, 0.717) is 6.04 Å². The second kappa shape index (κ2) is 7.79. The van der Waals surface area contributed by atoms with Gasteiger partial charge in [0.15, 0.2) is 0 Å². The zero-order chi connectivity index (χ0) is 14.4. The molecular weight excluding hydrogens is 357 g/mol. The van der Waals surface area contributed by atoms with E-state index < -0.39 is 0 Å². The summed E-state index contributed by atoms with van der Waals surface area (Å²) in [7, 11) is 0. The van der Waals surface area contributed by atoms with Crippen LogP contribution in [0.5, 0.6) is 0 Å². The van der Waals surface area contributed by atoms with Gasteiger partial charge in [0.2, 0.25) is 0 Å². The van der Waals surface area contributed by atoms with E-state index in [2.05, 4.69) is 90.3 Å². The van der Waals surface area contributed by atoms with E-state index in [4.69, 9.17) is 0 Å². The standard InChI is InChI=1S/C18H22IN/c1-3-14-8-10-15(11-9-14)12-18(20-4-2)16-6-5-7-17(19)13-16/h5-11,13,18,20H,3-4,12H2,1-2H3. The highest BCUT2D eigenvalue weighted by Gasteiger charge is 2.11. The molecule has 0 saturated heterocycles. The molecule has 2 heteroatoms. The van der Waals surface area contributed by atoms with Crippen LogP contribution in [0.15, 0.2) is 48.5 Å². The number of aryl methyl sites for hydroxylation is 1. The van der Waals surface area contributed by atoms with Crippen LogP contribution in [0.4, 0.5) is 0 Å². The Morgan fingerprint density at radius 2 is 1.70 bits per heavy atom. The molecule has 0 fully saturated rings. The number of nitrogens with one attached hydrogen (secondary N) is 1. The first-order valence-corrected chi connectivity index (χ1v) is 8.37. The average Bonchev–Trinajstić information content (AvgIpc) is 2.47. The van der Waals surface area contributed by atoms with Gasteiger partial charge in [-0.05, 0) is 70.8 Å². The molecule has 0 aromatic heterocycles. The number of likely N-dealkylation sites (N-methyl/N-ethyl adjacent to an activating group) is 1. The molecule has 0 aliphatic heterocycles. The van der Waals surface area contributed by atoms with E-state index in [1.807, 2.05) is 0 Å². The van der Waals surface area contributed by atoms with Crippen molar-refractivity contribution in [3.05, 3.63) is 68.8 Å². The summed E-state index contributed by atoms with van der Waals surface area (Å²) in [5.41, 5.74) is 4.17. The maximum atomic E-state index is 3.60. The number of benzene rings is 2. The zero-order valence-corrected chi connectivity index (χ0v) is 14.4. The smallest absolute Gasteiger partial charge is 0.0361 e. The van der Waals surface area contributed by atoms with Gasteiger partial charge in [-0.3, -0.25) is 0 Å². The topological polar surface area (TPSA) is 12.0 Å². The molecule has 20 heavy (non-hydrogen) atoms. The highest BCUT2D eigenvalue weighted by Crippen LogP contribution is 2.20. The van der Waals surface area contributed by atoms with Crippen molar-refractivity contribution >= 4 is 22.6 Å². The minimum Gasteiger partial charge on any atom is -0.310 e. The minimum absolute atomic E-state index is 0.391. The van der Waals surface area contributed by atoms with Crippen molar-refractivity contribution in [3.8, 4) is 0 Å². The number of rotatable bonds is 6. The lowest BCUT2D eigenvalue weighted by Gasteiger charge is -2.19. The van der Waals surface area contributed by atoms with Crippen LogP contribution in [0, 0.1) is 3.57 Å². The van der Waals surface area contributed by atoms with Crippen LogP contribution in [-0.4, -0.2) is 6.54 Å². The van der Waals surface area contributed by atoms with E-state index in [1.54, 1.807) is 0 Å². The van der Waals surface area contributed by atoms with Gasteiger partial charge in [-0.15, -0.1) is 0 Å². The minimum atomic E-state index is 0.391. The predicted octanol–water partition coefficient (Wildman–Crippen LogP) is 4.75. The van der Waals surface area contributed by atoms with Crippen LogP contribution in [0.2, 0.25) is 0 Å². The van der Waals surface area contributed by atoms with E-state index in [-0.39, 0.29) is 0 Å². The first kappa shape index (κ1) is 15.5. The van der Waals surface area contributed by atoms with Gasteiger partial charge in [0, 0.05) is 9.61 Å². The average molecular weight is 379 g/mol. The highest BCUT2D eigenvalue weighted by molar-refractivity contribution is 14.1. The molecule has 2 rings (SSSR count). The highest BCUT2D eigenvalue weighted by atomic mass is 127. The Morgan fingerprint density at radius 3 is 2.30 bits per heavy atom. The van der Waals surface area contributed by atoms with Gasteiger partial charge in [0.25, 0.3) is 0 Å². The third kappa shape index (κ3) is 4.32. The molecule has 0 radical (unpaired) electrons. The molecule has 106 valence electrons. The molecule has 1 unspecified atom stereocenters.